The van der Waals surface area contributed by atoms with Gasteiger partial charge in [-0.1, -0.05) is 47.6 Å². The van der Waals surface area contributed by atoms with E-state index in [1.807, 2.05) is 42.5 Å². The lowest BCUT2D eigenvalue weighted by atomic mass is 10.2. The molecule has 0 atom stereocenters. The number of nitrogens with zero attached hydrogens (tertiary/aromatic N) is 3. The van der Waals surface area contributed by atoms with Gasteiger partial charge in [-0.15, -0.1) is 0 Å². The third-order valence-corrected chi connectivity index (χ3v) is 7.41. The molecule has 1 saturated heterocycles. The van der Waals surface area contributed by atoms with E-state index in [4.69, 9.17) is 11.6 Å². The lowest BCUT2D eigenvalue weighted by molar-refractivity contribution is -0.131. The number of hydrogen-bond acceptors (Lipinski definition) is 4. The number of piperazine rings is 1. The number of rotatable bonds is 4. The van der Waals surface area contributed by atoms with E-state index in [0.29, 0.717) is 36.1 Å². The first-order valence-corrected chi connectivity index (χ1v) is 12.5. The second kappa shape index (κ2) is 10.1. The number of fused-ring (bicyclic) bond motifs is 1. The van der Waals surface area contributed by atoms with Gasteiger partial charge in [-0.3, -0.25) is 14.5 Å². The third kappa shape index (κ3) is 5.21. The molecule has 0 aromatic heterocycles. The van der Waals surface area contributed by atoms with Crippen molar-refractivity contribution in [2.45, 2.75) is 4.90 Å². The van der Waals surface area contributed by atoms with Crippen LogP contribution in [0.1, 0.15) is 5.56 Å². The maximum atomic E-state index is 13.5. The topological polar surface area (TPSA) is 43.9 Å². The van der Waals surface area contributed by atoms with Crippen molar-refractivity contribution in [1.29, 1.82) is 0 Å². The molecule has 35 heavy (non-hydrogen) atoms. The zero-order valence-corrected chi connectivity index (χ0v) is 20.4. The minimum Gasteiger partial charge on any atom is -0.368 e. The van der Waals surface area contributed by atoms with Gasteiger partial charge in [0.1, 0.15) is 12.4 Å². The van der Waals surface area contributed by atoms with E-state index in [-0.39, 0.29) is 24.2 Å². The number of hydrogen-bond donors (Lipinski definition) is 0. The van der Waals surface area contributed by atoms with Crippen LogP contribution in [-0.2, 0) is 9.59 Å². The molecule has 0 N–H and O–H groups in total. The quantitative estimate of drug-likeness (QED) is 0.449. The Labute approximate surface area is 212 Å². The van der Waals surface area contributed by atoms with E-state index in [1.165, 1.54) is 23.9 Å². The molecule has 5 rings (SSSR count). The summed E-state index contributed by atoms with van der Waals surface area (Å²) in [5, 5.41) is 0.597. The van der Waals surface area contributed by atoms with Gasteiger partial charge in [0.15, 0.2) is 0 Å². The zero-order valence-electron chi connectivity index (χ0n) is 18.9. The van der Waals surface area contributed by atoms with Crippen LogP contribution < -0.4 is 9.80 Å². The molecular weight excluding hydrogens is 485 g/mol. The molecule has 2 aliphatic rings. The average molecular weight is 508 g/mol. The summed E-state index contributed by atoms with van der Waals surface area (Å²) in [5.41, 5.74) is 2.51. The van der Waals surface area contributed by atoms with Gasteiger partial charge in [0.25, 0.3) is 5.91 Å². The van der Waals surface area contributed by atoms with Gasteiger partial charge in [-0.05, 0) is 60.2 Å². The summed E-state index contributed by atoms with van der Waals surface area (Å²) in [6.07, 6.45) is 1.81. The number of carbonyl (C=O) groups is 2. The van der Waals surface area contributed by atoms with Crippen molar-refractivity contribution in [1.82, 2.24) is 4.90 Å². The average Bonchev–Trinajstić information content (AvgIpc) is 2.87. The van der Waals surface area contributed by atoms with Crippen LogP contribution in [0.4, 0.5) is 15.8 Å². The minimum atomic E-state index is -0.268. The molecule has 8 heteroatoms. The molecule has 3 aromatic carbocycles. The zero-order chi connectivity index (χ0) is 24.4. The predicted molar refractivity (Wildman–Crippen MR) is 139 cm³/mol. The SMILES string of the molecule is O=C(CN1C(=O)C(=Cc2cccc(Cl)c2)Sc2ccccc21)N1CCN(c2ccc(F)cc2)CC1. The number of carbonyl (C=O) groups excluding carboxylic acids is 2. The maximum absolute atomic E-state index is 13.5. The van der Waals surface area contributed by atoms with Crippen molar-refractivity contribution < 1.29 is 14.0 Å². The van der Waals surface area contributed by atoms with Crippen LogP contribution in [0.25, 0.3) is 6.08 Å². The summed E-state index contributed by atoms with van der Waals surface area (Å²) >= 11 is 7.52. The van der Waals surface area contributed by atoms with Crippen molar-refractivity contribution in [3.63, 3.8) is 0 Å². The Balaban J connectivity index is 1.31. The molecule has 0 spiro atoms. The summed E-state index contributed by atoms with van der Waals surface area (Å²) in [7, 11) is 0. The minimum absolute atomic E-state index is 0.0279. The molecule has 1 fully saturated rings. The first kappa shape index (κ1) is 23.5. The molecule has 5 nitrogen and oxygen atoms in total. The summed E-state index contributed by atoms with van der Waals surface area (Å²) in [6, 6.07) is 21.3. The van der Waals surface area contributed by atoms with Gasteiger partial charge >= 0.3 is 0 Å². The van der Waals surface area contributed by atoms with Crippen LogP contribution in [-0.4, -0.2) is 49.4 Å². The van der Waals surface area contributed by atoms with E-state index in [1.54, 1.807) is 34.1 Å². The fourth-order valence-corrected chi connectivity index (χ4v) is 5.53. The van der Waals surface area contributed by atoms with E-state index in [0.717, 1.165) is 21.8 Å². The van der Waals surface area contributed by atoms with Crippen LogP contribution in [0, 0.1) is 5.82 Å². The number of thioether (sulfide) groups is 1. The van der Waals surface area contributed by atoms with Gasteiger partial charge in [-0.2, -0.15) is 0 Å². The molecule has 0 unspecified atom stereocenters. The van der Waals surface area contributed by atoms with E-state index < -0.39 is 0 Å². The molecule has 0 bridgehead atoms. The van der Waals surface area contributed by atoms with Crippen LogP contribution in [0.5, 0.6) is 0 Å². The van der Waals surface area contributed by atoms with Gasteiger partial charge in [0, 0.05) is 41.8 Å². The molecule has 2 amide bonds. The highest BCUT2D eigenvalue weighted by atomic mass is 35.5. The predicted octanol–water partition coefficient (Wildman–Crippen LogP) is 5.31. The van der Waals surface area contributed by atoms with Crippen LogP contribution in [0.2, 0.25) is 5.02 Å². The number of amides is 2. The number of halogens is 2. The maximum Gasteiger partial charge on any atom is 0.265 e. The van der Waals surface area contributed by atoms with E-state index in [2.05, 4.69) is 4.90 Å². The molecule has 0 radical (unpaired) electrons. The number of para-hydroxylation sites is 1. The Kier molecular flexibility index (Phi) is 6.79. The Bertz CT molecular complexity index is 1290. The van der Waals surface area contributed by atoms with Crippen molar-refractivity contribution >= 4 is 52.6 Å². The monoisotopic (exact) mass is 507 g/mol. The summed E-state index contributed by atoms with van der Waals surface area (Å²) in [6.45, 7) is 2.36. The number of anilines is 2. The van der Waals surface area contributed by atoms with Crippen LogP contribution in [0.15, 0.2) is 82.6 Å². The Hall–Kier alpha value is -3.29. The summed E-state index contributed by atoms with van der Waals surface area (Å²) in [4.78, 5) is 33.6. The van der Waals surface area contributed by atoms with E-state index >= 15 is 0 Å². The lowest BCUT2D eigenvalue weighted by Crippen LogP contribution is -2.52. The fourth-order valence-electron chi connectivity index (χ4n) is 4.27. The standard InChI is InChI=1S/C27H23ClFN3O2S/c28-20-5-3-4-19(16-20)17-25-27(34)32(23-6-1-2-7-24(23)35-25)18-26(33)31-14-12-30(13-15-31)22-10-8-21(29)9-11-22/h1-11,16-17H,12-15,18H2. The van der Waals surface area contributed by atoms with Gasteiger partial charge in [0.2, 0.25) is 5.91 Å². The van der Waals surface area contributed by atoms with Crippen molar-refractivity contribution in [3.05, 3.63) is 94.1 Å². The first-order chi connectivity index (χ1) is 17.0. The molecule has 2 aliphatic heterocycles. The first-order valence-electron chi connectivity index (χ1n) is 11.3. The molecule has 178 valence electrons. The van der Waals surface area contributed by atoms with Crippen LogP contribution >= 0.6 is 23.4 Å². The van der Waals surface area contributed by atoms with Crippen molar-refractivity contribution in [2.24, 2.45) is 0 Å². The molecule has 3 aromatic rings. The second-order valence-corrected chi connectivity index (χ2v) is 9.89. The molecular formula is C27H23ClFN3O2S. The lowest BCUT2D eigenvalue weighted by Gasteiger charge is -2.37. The Morgan fingerprint density at radius 3 is 2.46 bits per heavy atom. The highest BCUT2D eigenvalue weighted by Gasteiger charge is 2.32. The van der Waals surface area contributed by atoms with Gasteiger partial charge in [-0.25, -0.2) is 4.39 Å². The molecule has 2 heterocycles. The van der Waals surface area contributed by atoms with Gasteiger partial charge in [0.05, 0.1) is 10.6 Å². The summed E-state index contributed by atoms with van der Waals surface area (Å²) in [5.74, 6) is -0.566. The van der Waals surface area contributed by atoms with Crippen molar-refractivity contribution in [3.8, 4) is 0 Å². The van der Waals surface area contributed by atoms with E-state index in [9.17, 15) is 14.0 Å². The highest BCUT2D eigenvalue weighted by molar-refractivity contribution is 8.04. The van der Waals surface area contributed by atoms with Crippen molar-refractivity contribution in [2.75, 3.05) is 42.5 Å². The van der Waals surface area contributed by atoms with Gasteiger partial charge < -0.3 is 9.80 Å². The largest absolute Gasteiger partial charge is 0.368 e. The summed E-state index contributed by atoms with van der Waals surface area (Å²) < 4.78 is 13.2. The smallest absolute Gasteiger partial charge is 0.265 e. The van der Waals surface area contributed by atoms with Crippen LogP contribution in [0.3, 0.4) is 0 Å². The second-order valence-electron chi connectivity index (χ2n) is 8.37. The fraction of sp³-hybridized carbons (Fsp3) is 0.185. The Morgan fingerprint density at radius 2 is 1.71 bits per heavy atom. The third-order valence-electron chi connectivity index (χ3n) is 6.10. The number of benzene rings is 3. The Morgan fingerprint density at radius 1 is 0.971 bits per heavy atom. The highest BCUT2D eigenvalue weighted by Crippen LogP contribution is 2.42. The molecule has 0 saturated carbocycles. The normalized spacial score (nSPS) is 17.0. The molecule has 0 aliphatic carbocycles.